The number of methoxy groups -OCH3 is 2. The van der Waals surface area contributed by atoms with Crippen LogP contribution >= 0.6 is 0 Å². The number of hydrogen-bond acceptors (Lipinski definition) is 5. The number of ether oxygens (including phenoxy) is 2. The van der Waals surface area contributed by atoms with Gasteiger partial charge in [0.05, 0.1) is 31.5 Å². The third-order valence-corrected chi connectivity index (χ3v) is 6.97. The van der Waals surface area contributed by atoms with E-state index in [2.05, 4.69) is 23.2 Å². The van der Waals surface area contributed by atoms with E-state index < -0.39 is 5.41 Å². The van der Waals surface area contributed by atoms with Crippen LogP contribution in [0.15, 0.2) is 36.1 Å². The Hall–Kier alpha value is -2.34. The van der Waals surface area contributed by atoms with E-state index in [1.807, 2.05) is 18.2 Å². The van der Waals surface area contributed by atoms with Gasteiger partial charge in [0, 0.05) is 18.3 Å². The summed E-state index contributed by atoms with van der Waals surface area (Å²) in [6.45, 7) is 3.93. The summed E-state index contributed by atoms with van der Waals surface area (Å²) in [6.07, 6.45) is 4.04. The predicted octanol–water partition coefficient (Wildman–Crippen LogP) is 2.70. The molecule has 6 nitrogen and oxygen atoms in total. The number of hydrogen-bond donors (Lipinski definition) is 1. The Morgan fingerprint density at radius 2 is 2.14 bits per heavy atom. The van der Waals surface area contributed by atoms with Gasteiger partial charge in [-0.05, 0) is 42.9 Å². The number of rotatable bonds is 4. The minimum absolute atomic E-state index is 0.00851. The summed E-state index contributed by atoms with van der Waals surface area (Å²) in [7, 11) is 2.95. The van der Waals surface area contributed by atoms with E-state index in [-0.39, 0.29) is 23.8 Å². The van der Waals surface area contributed by atoms with Crippen molar-refractivity contribution in [3.63, 3.8) is 0 Å². The molecule has 6 heteroatoms. The second-order valence-electron chi connectivity index (χ2n) is 8.04. The summed E-state index contributed by atoms with van der Waals surface area (Å²) in [4.78, 5) is 28.1. The van der Waals surface area contributed by atoms with Crippen molar-refractivity contribution in [2.75, 3.05) is 32.6 Å². The zero-order chi connectivity index (χ0) is 19.9. The summed E-state index contributed by atoms with van der Waals surface area (Å²) < 4.78 is 10.3. The molecular formula is C22H28N2O4. The molecule has 0 aromatic heterocycles. The fourth-order valence-corrected chi connectivity index (χ4v) is 5.63. The van der Waals surface area contributed by atoms with Crippen LogP contribution in [0.5, 0.6) is 0 Å². The van der Waals surface area contributed by atoms with Crippen molar-refractivity contribution in [2.45, 2.75) is 37.6 Å². The molecule has 4 atom stereocenters. The molecule has 0 radical (unpaired) electrons. The number of carbonyl (C=O) groups excluding carboxylic acids is 2. The van der Waals surface area contributed by atoms with E-state index in [0.29, 0.717) is 11.5 Å². The minimum Gasteiger partial charge on any atom is -0.504 e. The van der Waals surface area contributed by atoms with Gasteiger partial charge in [-0.25, -0.2) is 4.79 Å². The Balaban J connectivity index is 1.74. The molecule has 0 bridgehead atoms. The fourth-order valence-electron chi connectivity index (χ4n) is 5.63. The highest BCUT2D eigenvalue weighted by atomic mass is 16.5. The molecule has 1 N–H and O–H groups in total. The smallest absolute Gasteiger partial charge is 0.337 e. The first-order chi connectivity index (χ1) is 13.6. The Bertz CT molecular complexity index is 821. The quantitative estimate of drug-likeness (QED) is 0.491. The van der Waals surface area contributed by atoms with Crippen molar-refractivity contribution >= 4 is 17.6 Å². The van der Waals surface area contributed by atoms with Crippen molar-refractivity contribution in [2.24, 2.45) is 11.8 Å². The highest BCUT2D eigenvalue weighted by Gasteiger charge is 2.60. The van der Waals surface area contributed by atoms with Gasteiger partial charge in [0.15, 0.2) is 0 Å². The van der Waals surface area contributed by atoms with Crippen LogP contribution in [0.25, 0.3) is 0 Å². The van der Waals surface area contributed by atoms with Crippen LogP contribution in [0.3, 0.4) is 0 Å². The van der Waals surface area contributed by atoms with E-state index in [1.165, 1.54) is 13.4 Å². The van der Waals surface area contributed by atoms with E-state index in [9.17, 15) is 9.59 Å². The molecule has 4 rings (SSSR count). The highest BCUT2D eigenvalue weighted by Crippen LogP contribution is 2.53. The Kier molecular flexibility index (Phi) is 4.91. The van der Waals surface area contributed by atoms with Crippen LogP contribution in [0.2, 0.25) is 0 Å². The van der Waals surface area contributed by atoms with Gasteiger partial charge >= 0.3 is 5.97 Å². The molecule has 0 aliphatic carbocycles. The largest absolute Gasteiger partial charge is 0.504 e. The first-order valence-electron chi connectivity index (χ1n) is 10.0. The van der Waals surface area contributed by atoms with Crippen molar-refractivity contribution in [1.29, 1.82) is 0 Å². The maximum atomic E-state index is 13.2. The SMILES string of the molecule is CCC1CN2CC[C@@]3(C(=O)Nc4ccccc43)C2CC1C(=COC)C(=O)OC. The lowest BCUT2D eigenvalue weighted by Gasteiger charge is -2.45. The number of carbonyl (C=O) groups is 2. The summed E-state index contributed by atoms with van der Waals surface area (Å²) >= 11 is 0. The zero-order valence-electron chi connectivity index (χ0n) is 16.7. The molecule has 1 aromatic rings. The van der Waals surface area contributed by atoms with E-state index in [4.69, 9.17) is 9.47 Å². The zero-order valence-corrected chi connectivity index (χ0v) is 16.7. The van der Waals surface area contributed by atoms with E-state index >= 15 is 0 Å². The average Bonchev–Trinajstić information content (AvgIpc) is 3.23. The first kappa shape index (κ1) is 19.0. The monoisotopic (exact) mass is 384 g/mol. The maximum Gasteiger partial charge on any atom is 0.337 e. The topological polar surface area (TPSA) is 67.9 Å². The van der Waals surface area contributed by atoms with Crippen LogP contribution in [-0.2, 0) is 24.5 Å². The van der Waals surface area contributed by atoms with Crippen LogP contribution in [0.1, 0.15) is 31.7 Å². The molecule has 3 aliphatic heterocycles. The van der Waals surface area contributed by atoms with Gasteiger partial charge in [0.1, 0.15) is 0 Å². The molecule has 3 heterocycles. The lowest BCUT2D eigenvalue weighted by atomic mass is 9.67. The van der Waals surface area contributed by atoms with Gasteiger partial charge in [-0.3, -0.25) is 9.69 Å². The molecule has 150 valence electrons. The van der Waals surface area contributed by atoms with Gasteiger partial charge in [-0.2, -0.15) is 0 Å². The third kappa shape index (κ3) is 2.65. The van der Waals surface area contributed by atoms with Crippen molar-refractivity contribution in [3.8, 4) is 0 Å². The first-order valence-corrected chi connectivity index (χ1v) is 10.0. The number of anilines is 1. The number of esters is 1. The molecule has 3 unspecified atom stereocenters. The molecule has 28 heavy (non-hydrogen) atoms. The second-order valence-corrected chi connectivity index (χ2v) is 8.04. The predicted molar refractivity (Wildman–Crippen MR) is 106 cm³/mol. The molecule has 1 amide bonds. The van der Waals surface area contributed by atoms with Gasteiger partial charge < -0.3 is 14.8 Å². The Labute approximate surface area is 165 Å². The van der Waals surface area contributed by atoms with Crippen LogP contribution < -0.4 is 5.32 Å². The molecule has 2 saturated heterocycles. The Morgan fingerprint density at radius 1 is 1.36 bits per heavy atom. The van der Waals surface area contributed by atoms with Gasteiger partial charge in [-0.15, -0.1) is 0 Å². The number of para-hydroxylation sites is 1. The molecule has 2 fully saturated rings. The normalized spacial score (nSPS) is 32.0. The fraction of sp³-hybridized carbons (Fsp3) is 0.545. The molecule has 1 aromatic carbocycles. The molecule has 1 spiro atoms. The maximum absolute atomic E-state index is 13.2. The summed E-state index contributed by atoms with van der Waals surface area (Å²) in [6, 6.07) is 8.07. The lowest BCUT2D eigenvalue weighted by molar-refractivity contribution is -0.137. The van der Waals surface area contributed by atoms with Gasteiger partial charge in [0.2, 0.25) is 5.91 Å². The standard InChI is InChI=1S/C22H28N2O4/c1-4-14-12-24-10-9-22(17-7-5-6-8-18(17)23-21(22)26)19(24)11-15(14)16(13-27-2)20(25)28-3/h5-8,13-15,19H,4,9-12H2,1-3H3,(H,23,26)/t14?,15?,19?,22-/m0/s1. The lowest BCUT2D eigenvalue weighted by Crippen LogP contribution is -2.53. The van der Waals surface area contributed by atoms with E-state index in [1.54, 1.807) is 7.11 Å². The highest BCUT2D eigenvalue weighted by molar-refractivity contribution is 6.07. The third-order valence-electron chi connectivity index (χ3n) is 6.97. The number of piperidine rings is 1. The van der Waals surface area contributed by atoms with Crippen LogP contribution in [-0.4, -0.2) is 50.1 Å². The number of nitrogens with zero attached hydrogens (tertiary/aromatic N) is 1. The second kappa shape index (κ2) is 7.24. The van der Waals surface area contributed by atoms with E-state index in [0.717, 1.165) is 43.6 Å². The van der Waals surface area contributed by atoms with Gasteiger partial charge in [0.25, 0.3) is 0 Å². The van der Waals surface area contributed by atoms with Crippen molar-refractivity contribution in [1.82, 2.24) is 4.90 Å². The summed E-state index contributed by atoms with van der Waals surface area (Å²) in [5, 5.41) is 3.10. The number of benzene rings is 1. The molecular weight excluding hydrogens is 356 g/mol. The summed E-state index contributed by atoms with van der Waals surface area (Å²) in [5.41, 5.74) is 2.05. The number of amides is 1. The van der Waals surface area contributed by atoms with Gasteiger partial charge in [-0.1, -0.05) is 31.5 Å². The molecule has 0 saturated carbocycles. The minimum atomic E-state index is -0.540. The van der Waals surface area contributed by atoms with Crippen molar-refractivity contribution in [3.05, 3.63) is 41.7 Å². The van der Waals surface area contributed by atoms with Crippen molar-refractivity contribution < 1.29 is 19.1 Å². The number of nitrogens with one attached hydrogen (secondary N) is 1. The molecule has 3 aliphatic rings. The van der Waals surface area contributed by atoms with Crippen LogP contribution in [0, 0.1) is 11.8 Å². The summed E-state index contributed by atoms with van der Waals surface area (Å²) in [5.74, 6) is 0.0769. The number of fused-ring (bicyclic) bond motifs is 4. The van der Waals surface area contributed by atoms with Crippen LogP contribution in [0.4, 0.5) is 5.69 Å². The Morgan fingerprint density at radius 3 is 2.86 bits per heavy atom. The average molecular weight is 384 g/mol.